The molecule has 1 fully saturated rings. The molecule has 0 spiro atoms. The SMILES string of the molecule is C[C@@H]1CN2C(=N[C@H](c3ccccn3)[C@@H]2c2ccc(Cl)cc2)S1. The molecule has 22 heavy (non-hydrogen) atoms. The Morgan fingerprint density at radius 1 is 1.18 bits per heavy atom. The van der Waals surface area contributed by atoms with E-state index in [2.05, 4.69) is 35.0 Å². The average molecular weight is 330 g/mol. The zero-order chi connectivity index (χ0) is 15.1. The van der Waals surface area contributed by atoms with Gasteiger partial charge in [-0.25, -0.2) is 0 Å². The lowest BCUT2D eigenvalue weighted by molar-refractivity contribution is 0.321. The minimum absolute atomic E-state index is 0.0531. The van der Waals surface area contributed by atoms with E-state index in [-0.39, 0.29) is 12.1 Å². The minimum atomic E-state index is 0.0531. The van der Waals surface area contributed by atoms with Crippen LogP contribution in [-0.4, -0.2) is 26.8 Å². The van der Waals surface area contributed by atoms with E-state index >= 15 is 0 Å². The Hall–Kier alpha value is -1.52. The summed E-state index contributed by atoms with van der Waals surface area (Å²) in [4.78, 5) is 11.9. The van der Waals surface area contributed by atoms with Crippen molar-refractivity contribution in [2.24, 2.45) is 4.99 Å². The van der Waals surface area contributed by atoms with Gasteiger partial charge in [-0.1, -0.05) is 48.5 Å². The summed E-state index contributed by atoms with van der Waals surface area (Å²) in [6.07, 6.45) is 1.84. The second kappa shape index (κ2) is 5.60. The largest absolute Gasteiger partial charge is 0.341 e. The van der Waals surface area contributed by atoms with Gasteiger partial charge in [0.1, 0.15) is 6.04 Å². The lowest BCUT2D eigenvalue weighted by Crippen LogP contribution is -2.28. The van der Waals surface area contributed by atoms with Gasteiger partial charge in [-0.05, 0) is 29.8 Å². The van der Waals surface area contributed by atoms with Gasteiger partial charge in [-0.3, -0.25) is 9.98 Å². The fraction of sp³-hybridized carbons (Fsp3) is 0.294. The molecule has 0 unspecified atom stereocenters. The maximum atomic E-state index is 6.05. The van der Waals surface area contributed by atoms with Crippen LogP contribution >= 0.6 is 23.4 Å². The number of rotatable bonds is 2. The Balaban J connectivity index is 1.76. The van der Waals surface area contributed by atoms with E-state index in [4.69, 9.17) is 16.6 Å². The van der Waals surface area contributed by atoms with Crippen molar-refractivity contribution < 1.29 is 0 Å². The lowest BCUT2D eigenvalue weighted by atomic mass is 9.96. The first kappa shape index (κ1) is 14.1. The smallest absolute Gasteiger partial charge is 0.160 e. The number of hydrogen-bond acceptors (Lipinski definition) is 4. The van der Waals surface area contributed by atoms with Crippen LogP contribution in [0.3, 0.4) is 0 Å². The number of aromatic nitrogens is 1. The molecule has 3 heterocycles. The topological polar surface area (TPSA) is 28.5 Å². The van der Waals surface area contributed by atoms with Gasteiger partial charge < -0.3 is 4.90 Å². The molecule has 0 aliphatic carbocycles. The van der Waals surface area contributed by atoms with Crippen molar-refractivity contribution in [1.82, 2.24) is 9.88 Å². The van der Waals surface area contributed by atoms with Crippen molar-refractivity contribution in [3.05, 3.63) is 64.9 Å². The zero-order valence-corrected chi connectivity index (χ0v) is 13.8. The first-order valence-electron chi connectivity index (χ1n) is 7.40. The van der Waals surface area contributed by atoms with Crippen LogP contribution in [0, 0.1) is 0 Å². The monoisotopic (exact) mass is 329 g/mol. The molecule has 1 aromatic heterocycles. The molecule has 5 heteroatoms. The van der Waals surface area contributed by atoms with Crippen LogP contribution in [0.1, 0.15) is 30.3 Å². The number of pyridine rings is 1. The summed E-state index contributed by atoms with van der Waals surface area (Å²) in [6, 6.07) is 14.4. The molecule has 4 rings (SSSR count). The van der Waals surface area contributed by atoms with Crippen molar-refractivity contribution in [1.29, 1.82) is 0 Å². The molecular formula is C17H16ClN3S. The van der Waals surface area contributed by atoms with Crippen molar-refractivity contribution in [2.45, 2.75) is 24.3 Å². The van der Waals surface area contributed by atoms with Gasteiger partial charge in [0.25, 0.3) is 0 Å². The fourth-order valence-electron chi connectivity index (χ4n) is 3.14. The summed E-state index contributed by atoms with van der Waals surface area (Å²) in [5.74, 6) is 0. The summed E-state index contributed by atoms with van der Waals surface area (Å²) >= 11 is 7.91. The average Bonchev–Trinajstić information content (AvgIpc) is 3.05. The molecule has 0 radical (unpaired) electrons. The van der Waals surface area contributed by atoms with Crippen molar-refractivity contribution in [2.75, 3.05) is 6.54 Å². The van der Waals surface area contributed by atoms with Crippen LogP contribution in [0.4, 0.5) is 0 Å². The van der Waals surface area contributed by atoms with Crippen LogP contribution in [-0.2, 0) is 0 Å². The van der Waals surface area contributed by atoms with E-state index in [0.29, 0.717) is 5.25 Å². The number of hydrogen-bond donors (Lipinski definition) is 0. The van der Waals surface area contributed by atoms with Gasteiger partial charge >= 0.3 is 0 Å². The second-order valence-electron chi connectivity index (χ2n) is 5.69. The van der Waals surface area contributed by atoms with Crippen LogP contribution in [0.15, 0.2) is 53.7 Å². The highest BCUT2D eigenvalue weighted by molar-refractivity contribution is 8.14. The van der Waals surface area contributed by atoms with Crippen molar-refractivity contribution >= 4 is 28.5 Å². The maximum Gasteiger partial charge on any atom is 0.160 e. The Morgan fingerprint density at radius 3 is 2.73 bits per heavy atom. The second-order valence-corrected chi connectivity index (χ2v) is 7.53. The van der Waals surface area contributed by atoms with E-state index in [9.17, 15) is 0 Å². The molecule has 0 saturated carbocycles. The third-order valence-corrected chi connectivity index (χ3v) is 5.45. The highest BCUT2D eigenvalue weighted by atomic mass is 35.5. The quantitative estimate of drug-likeness (QED) is 0.821. The molecule has 1 aromatic carbocycles. The Bertz CT molecular complexity index is 702. The third kappa shape index (κ3) is 2.40. The normalized spacial score (nSPS) is 26.9. The minimum Gasteiger partial charge on any atom is -0.341 e. The molecule has 2 aromatic rings. The first-order valence-corrected chi connectivity index (χ1v) is 8.65. The Labute approximate surface area is 139 Å². The molecule has 0 amide bonds. The van der Waals surface area contributed by atoms with Crippen LogP contribution < -0.4 is 0 Å². The molecule has 112 valence electrons. The molecular weight excluding hydrogens is 314 g/mol. The van der Waals surface area contributed by atoms with Gasteiger partial charge in [0.2, 0.25) is 0 Å². The summed E-state index contributed by atoms with van der Waals surface area (Å²) in [6.45, 7) is 3.28. The van der Waals surface area contributed by atoms with Crippen molar-refractivity contribution in [3.63, 3.8) is 0 Å². The molecule has 0 bridgehead atoms. The van der Waals surface area contributed by atoms with E-state index in [1.54, 1.807) is 0 Å². The molecule has 1 saturated heterocycles. The van der Waals surface area contributed by atoms with E-state index < -0.39 is 0 Å². The van der Waals surface area contributed by atoms with E-state index in [1.165, 1.54) is 5.56 Å². The number of halogens is 1. The first-order chi connectivity index (χ1) is 10.7. The van der Waals surface area contributed by atoms with E-state index in [0.717, 1.165) is 22.4 Å². The Morgan fingerprint density at radius 2 is 2.00 bits per heavy atom. The van der Waals surface area contributed by atoms with Gasteiger partial charge in [-0.2, -0.15) is 0 Å². The molecule has 0 N–H and O–H groups in total. The van der Waals surface area contributed by atoms with Gasteiger partial charge in [-0.15, -0.1) is 0 Å². The summed E-state index contributed by atoms with van der Waals surface area (Å²) in [5.41, 5.74) is 2.27. The third-order valence-electron chi connectivity index (χ3n) is 4.09. The highest BCUT2D eigenvalue weighted by Gasteiger charge is 2.43. The summed E-state index contributed by atoms with van der Waals surface area (Å²) in [5, 5.41) is 2.49. The van der Waals surface area contributed by atoms with E-state index in [1.807, 2.05) is 42.2 Å². The fourth-order valence-corrected chi connectivity index (χ4v) is 4.36. The van der Waals surface area contributed by atoms with Gasteiger partial charge in [0.05, 0.1) is 11.7 Å². The van der Waals surface area contributed by atoms with Crippen molar-refractivity contribution in [3.8, 4) is 0 Å². The number of nitrogens with zero attached hydrogens (tertiary/aromatic N) is 3. The van der Waals surface area contributed by atoms with Crippen LogP contribution in [0.2, 0.25) is 5.02 Å². The predicted octanol–water partition coefficient (Wildman–Crippen LogP) is 4.32. The Kier molecular flexibility index (Phi) is 3.59. The number of thioether (sulfide) groups is 1. The molecule has 3 nitrogen and oxygen atoms in total. The number of aliphatic imine (C=N–C) groups is 1. The van der Waals surface area contributed by atoms with Gasteiger partial charge in [0, 0.05) is 23.0 Å². The molecule has 3 atom stereocenters. The highest BCUT2D eigenvalue weighted by Crippen LogP contribution is 2.47. The summed E-state index contributed by atoms with van der Waals surface area (Å²) in [7, 11) is 0. The zero-order valence-electron chi connectivity index (χ0n) is 12.2. The van der Waals surface area contributed by atoms with Gasteiger partial charge in [0.15, 0.2) is 5.17 Å². The predicted molar refractivity (Wildman–Crippen MR) is 92.4 cm³/mol. The molecule has 2 aliphatic rings. The summed E-state index contributed by atoms with van der Waals surface area (Å²) < 4.78 is 0. The number of benzene rings is 1. The van der Waals surface area contributed by atoms with Crippen LogP contribution in [0.25, 0.3) is 0 Å². The lowest BCUT2D eigenvalue weighted by Gasteiger charge is -2.27. The van der Waals surface area contributed by atoms with Crippen LogP contribution in [0.5, 0.6) is 0 Å². The maximum absolute atomic E-state index is 6.05. The number of amidine groups is 1. The number of fused-ring (bicyclic) bond motifs is 1. The molecule has 2 aliphatic heterocycles. The standard InChI is InChI=1S/C17H16ClN3S/c1-11-10-21-16(12-5-7-13(18)8-6-12)15(20-17(21)22-11)14-4-2-3-9-19-14/h2-9,11,15-16H,10H2,1H3/t11-,15-,16+/m1/s1.